The zero-order chi connectivity index (χ0) is 11.7. The van der Waals surface area contributed by atoms with Crippen LogP contribution in [0.4, 0.5) is 0 Å². The molecule has 0 aromatic rings. The normalized spacial score (nSPS) is 14.9. The fraction of sp³-hybridized carbons (Fsp3) is 0.889. The summed E-state index contributed by atoms with van der Waals surface area (Å²) in [6.45, 7) is 3.52. The molecule has 0 radical (unpaired) electrons. The first kappa shape index (κ1) is 14.3. The molecule has 0 aromatic carbocycles. The van der Waals surface area contributed by atoms with Crippen molar-refractivity contribution in [2.45, 2.75) is 12.5 Å². The molecule has 0 aromatic heterocycles. The predicted molar refractivity (Wildman–Crippen MR) is 55.3 cm³/mol. The summed E-state index contributed by atoms with van der Waals surface area (Å²) in [7, 11) is 1.60. The highest BCUT2D eigenvalue weighted by atomic mass is 16.5. The molecule has 1 amide bonds. The van der Waals surface area contributed by atoms with Gasteiger partial charge in [0.25, 0.3) is 0 Å². The topological polar surface area (TPSA) is 96.8 Å². The summed E-state index contributed by atoms with van der Waals surface area (Å²) < 4.78 is 15.1. The van der Waals surface area contributed by atoms with Gasteiger partial charge in [-0.3, -0.25) is 4.79 Å². The molecule has 0 fully saturated rings. The lowest BCUT2D eigenvalue weighted by atomic mass is 10.1. The molecule has 0 aliphatic rings. The Kier molecular flexibility index (Phi) is 7.23. The number of rotatable bonds is 9. The SMILES string of the molecule is COCCOCCOCC(C)(N)C(N)=O. The number of carbonyl (C=O) groups is 1. The molecule has 4 N–H and O–H groups in total. The quantitative estimate of drug-likeness (QED) is 0.479. The van der Waals surface area contributed by atoms with Gasteiger partial charge in [0.15, 0.2) is 0 Å². The van der Waals surface area contributed by atoms with Crippen LogP contribution in [-0.2, 0) is 19.0 Å². The van der Waals surface area contributed by atoms with Crippen LogP contribution in [-0.4, -0.2) is 51.6 Å². The van der Waals surface area contributed by atoms with Gasteiger partial charge < -0.3 is 25.7 Å². The van der Waals surface area contributed by atoms with E-state index >= 15 is 0 Å². The van der Waals surface area contributed by atoms with Gasteiger partial charge in [-0.05, 0) is 6.92 Å². The van der Waals surface area contributed by atoms with E-state index in [0.717, 1.165) is 0 Å². The van der Waals surface area contributed by atoms with Crippen LogP contribution in [0.5, 0.6) is 0 Å². The van der Waals surface area contributed by atoms with Crippen molar-refractivity contribution in [2.24, 2.45) is 11.5 Å². The minimum Gasteiger partial charge on any atom is -0.382 e. The van der Waals surface area contributed by atoms with Gasteiger partial charge >= 0.3 is 0 Å². The fourth-order valence-corrected chi connectivity index (χ4v) is 0.717. The highest BCUT2D eigenvalue weighted by molar-refractivity contribution is 5.83. The lowest BCUT2D eigenvalue weighted by Crippen LogP contribution is -2.53. The van der Waals surface area contributed by atoms with E-state index in [1.165, 1.54) is 6.92 Å². The van der Waals surface area contributed by atoms with Crippen molar-refractivity contribution < 1.29 is 19.0 Å². The van der Waals surface area contributed by atoms with Gasteiger partial charge in [0.1, 0.15) is 5.54 Å². The summed E-state index contributed by atoms with van der Waals surface area (Å²) >= 11 is 0. The monoisotopic (exact) mass is 220 g/mol. The van der Waals surface area contributed by atoms with Crippen LogP contribution in [0.3, 0.4) is 0 Å². The summed E-state index contributed by atoms with van der Waals surface area (Å²) in [5.74, 6) is -0.581. The average Bonchev–Trinajstić information content (AvgIpc) is 2.16. The van der Waals surface area contributed by atoms with Gasteiger partial charge in [-0.25, -0.2) is 0 Å². The third-order valence-corrected chi connectivity index (χ3v) is 1.77. The van der Waals surface area contributed by atoms with E-state index in [9.17, 15) is 4.79 Å². The highest BCUT2D eigenvalue weighted by Gasteiger charge is 2.25. The van der Waals surface area contributed by atoms with E-state index in [1.54, 1.807) is 7.11 Å². The van der Waals surface area contributed by atoms with Gasteiger partial charge in [0.05, 0.1) is 33.0 Å². The molecule has 1 atom stereocenters. The molecule has 0 saturated heterocycles. The molecule has 6 nitrogen and oxygen atoms in total. The molecule has 90 valence electrons. The molecule has 6 heteroatoms. The Morgan fingerprint density at radius 1 is 1.20 bits per heavy atom. The molecule has 0 aliphatic carbocycles. The van der Waals surface area contributed by atoms with Crippen LogP contribution in [0, 0.1) is 0 Å². The van der Waals surface area contributed by atoms with E-state index in [2.05, 4.69) is 0 Å². The number of nitrogens with two attached hydrogens (primary N) is 2. The molecule has 0 spiro atoms. The Hall–Kier alpha value is -0.690. The molecule has 0 heterocycles. The summed E-state index contributed by atoms with van der Waals surface area (Å²) in [6, 6.07) is 0. The Morgan fingerprint density at radius 3 is 2.27 bits per heavy atom. The Labute approximate surface area is 89.8 Å². The van der Waals surface area contributed by atoms with E-state index < -0.39 is 11.4 Å². The van der Waals surface area contributed by atoms with Crippen LogP contribution in [0.25, 0.3) is 0 Å². The smallest absolute Gasteiger partial charge is 0.239 e. The predicted octanol–water partition coefficient (Wildman–Crippen LogP) is -1.13. The van der Waals surface area contributed by atoms with E-state index in [0.29, 0.717) is 26.4 Å². The van der Waals surface area contributed by atoms with Crippen LogP contribution in [0.2, 0.25) is 0 Å². The standard InChI is InChI=1S/C9H20N2O4/c1-9(11,8(10)12)7-15-6-5-14-4-3-13-2/h3-7,11H2,1-2H3,(H2,10,12). The molecule has 0 bridgehead atoms. The number of primary amides is 1. The summed E-state index contributed by atoms with van der Waals surface area (Å²) in [4.78, 5) is 10.8. The summed E-state index contributed by atoms with van der Waals surface area (Å²) in [5, 5.41) is 0. The van der Waals surface area contributed by atoms with Crippen molar-refractivity contribution in [3.63, 3.8) is 0 Å². The fourth-order valence-electron chi connectivity index (χ4n) is 0.717. The van der Waals surface area contributed by atoms with Gasteiger partial charge in [-0.15, -0.1) is 0 Å². The zero-order valence-electron chi connectivity index (χ0n) is 9.32. The van der Waals surface area contributed by atoms with Crippen LogP contribution < -0.4 is 11.5 Å². The van der Waals surface area contributed by atoms with Gasteiger partial charge in [0, 0.05) is 7.11 Å². The van der Waals surface area contributed by atoms with E-state index in [1.807, 2.05) is 0 Å². The van der Waals surface area contributed by atoms with Gasteiger partial charge in [-0.1, -0.05) is 0 Å². The first-order valence-corrected chi connectivity index (χ1v) is 4.74. The molecule has 0 aliphatic heterocycles. The molecular weight excluding hydrogens is 200 g/mol. The second-order valence-corrected chi connectivity index (χ2v) is 3.44. The van der Waals surface area contributed by atoms with E-state index in [4.69, 9.17) is 25.7 Å². The summed E-state index contributed by atoms with van der Waals surface area (Å²) in [6.07, 6.45) is 0. The lowest BCUT2D eigenvalue weighted by molar-refractivity contribution is -0.125. The second kappa shape index (κ2) is 7.58. The first-order chi connectivity index (χ1) is 7.00. The van der Waals surface area contributed by atoms with Gasteiger partial charge in [0.2, 0.25) is 5.91 Å². The summed E-state index contributed by atoms with van der Waals surface area (Å²) in [5.41, 5.74) is 9.50. The van der Waals surface area contributed by atoms with Crippen molar-refractivity contribution >= 4 is 5.91 Å². The highest BCUT2D eigenvalue weighted by Crippen LogP contribution is 1.98. The second-order valence-electron chi connectivity index (χ2n) is 3.44. The maximum atomic E-state index is 10.8. The number of hydrogen-bond acceptors (Lipinski definition) is 5. The van der Waals surface area contributed by atoms with Crippen molar-refractivity contribution in [1.29, 1.82) is 0 Å². The number of ether oxygens (including phenoxy) is 3. The van der Waals surface area contributed by atoms with Crippen molar-refractivity contribution in [3.8, 4) is 0 Å². The Morgan fingerprint density at radius 2 is 1.73 bits per heavy atom. The Balaban J connectivity index is 3.35. The van der Waals surface area contributed by atoms with Crippen molar-refractivity contribution in [2.75, 3.05) is 40.1 Å². The lowest BCUT2D eigenvalue weighted by Gasteiger charge is -2.19. The van der Waals surface area contributed by atoms with E-state index in [-0.39, 0.29) is 6.61 Å². The van der Waals surface area contributed by atoms with Crippen LogP contribution >= 0.6 is 0 Å². The molecule has 15 heavy (non-hydrogen) atoms. The average molecular weight is 220 g/mol. The molecule has 0 saturated carbocycles. The van der Waals surface area contributed by atoms with Gasteiger partial charge in [-0.2, -0.15) is 0 Å². The van der Waals surface area contributed by atoms with Crippen molar-refractivity contribution in [1.82, 2.24) is 0 Å². The molecule has 1 unspecified atom stereocenters. The minimum atomic E-state index is -1.12. The van der Waals surface area contributed by atoms with Crippen LogP contribution in [0.15, 0.2) is 0 Å². The third-order valence-electron chi connectivity index (χ3n) is 1.77. The van der Waals surface area contributed by atoms with Crippen LogP contribution in [0.1, 0.15) is 6.92 Å². The minimum absolute atomic E-state index is 0.0932. The number of methoxy groups -OCH3 is 1. The Bertz CT molecular complexity index is 185. The maximum Gasteiger partial charge on any atom is 0.239 e. The number of hydrogen-bond donors (Lipinski definition) is 2. The molecular formula is C9H20N2O4. The molecule has 0 rings (SSSR count). The van der Waals surface area contributed by atoms with Crippen molar-refractivity contribution in [3.05, 3.63) is 0 Å². The largest absolute Gasteiger partial charge is 0.382 e. The first-order valence-electron chi connectivity index (χ1n) is 4.74. The number of amides is 1. The third kappa shape index (κ3) is 7.26. The number of carbonyl (C=O) groups excluding carboxylic acids is 1. The maximum absolute atomic E-state index is 10.8. The zero-order valence-corrected chi connectivity index (χ0v) is 9.32.